The summed E-state index contributed by atoms with van der Waals surface area (Å²) >= 11 is 1.57. The zero-order valence-electron chi connectivity index (χ0n) is 11.6. The molecule has 22 heavy (non-hydrogen) atoms. The van der Waals surface area contributed by atoms with Gasteiger partial charge in [-0.2, -0.15) is 0 Å². The van der Waals surface area contributed by atoms with E-state index in [1.807, 2.05) is 52.4 Å². The van der Waals surface area contributed by atoms with Crippen molar-refractivity contribution in [2.45, 2.75) is 12.1 Å². The lowest BCUT2D eigenvalue weighted by Crippen LogP contribution is -2.60. The highest BCUT2D eigenvalue weighted by atomic mass is 32.1. The first-order valence-corrected chi connectivity index (χ1v) is 7.74. The molecule has 6 heteroatoms. The zero-order chi connectivity index (χ0) is 15.3. The standard InChI is InChI=1S/C16H13N3O2S/c17-15(21)16(10-4-2-1-3-5-10)9-19-11-6-7-22-13(11)8-12(19)14(20)18-16/h1-8H,9H2,(H2,17,21)(H,18,20). The summed E-state index contributed by atoms with van der Waals surface area (Å²) in [5.74, 6) is -0.841. The summed E-state index contributed by atoms with van der Waals surface area (Å²) in [7, 11) is 0. The smallest absolute Gasteiger partial charge is 0.269 e. The predicted octanol–water partition coefficient (Wildman–Crippen LogP) is 1.83. The molecule has 0 spiro atoms. The summed E-state index contributed by atoms with van der Waals surface area (Å²) in [6, 6.07) is 13.0. The van der Waals surface area contributed by atoms with Crippen molar-refractivity contribution in [3.8, 4) is 0 Å². The third-order valence-electron chi connectivity index (χ3n) is 4.16. The molecule has 4 rings (SSSR count). The lowest BCUT2D eigenvalue weighted by atomic mass is 9.87. The van der Waals surface area contributed by atoms with Crippen LogP contribution in [-0.2, 0) is 16.9 Å². The highest BCUT2D eigenvalue weighted by Gasteiger charge is 2.45. The summed E-state index contributed by atoms with van der Waals surface area (Å²) in [4.78, 5) is 24.7. The first kappa shape index (κ1) is 13.1. The van der Waals surface area contributed by atoms with Gasteiger partial charge in [0.05, 0.1) is 16.8 Å². The molecule has 1 aromatic carbocycles. The molecule has 5 nitrogen and oxygen atoms in total. The van der Waals surface area contributed by atoms with Gasteiger partial charge in [-0.3, -0.25) is 9.59 Å². The Balaban J connectivity index is 1.95. The number of aromatic nitrogens is 1. The minimum absolute atomic E-state index is 0.280. The van der Waals surface area contributed by atoms with Crippen LogP contribution in [0.15, 0.2) is 47.8 Å². The van der Waals surface area contributed by atoms with Crippen LogP contribution in [0, 0.1) is 0 Å². The van der Waals surface area contributed by atoms with Crippen molar-refractivity contribution in [2.75, 3.05) is 0 Å². The maximum absolute atomic E-state index is 12.5. The second-order valence-electron chi connectivity index (χ2n) is 5.38. The minimum Gasteiger partial charge on any atom is -0.367 e. The van der Waals surface area contributed by atoms with E-state index in [4.69, 9.17) is 5.73 Å². The average Bonchev–Trinajstić information content (AvgIpc) is 3.09. The fourth-order valence-corrected chi connectivity index (χ4v) is 3.86. The number of hydrogen-bond donors (Lipinski definition) is 2. The van der Waals surface area contributed by atoms with E-state index in [9.17, 15) is 9.59 Å². The number of nitrogens with one attached hydrogen (secondary N) is 1. The summed E-state index contributed by atoms with van der Waals surface area (Å²) in [6.07, 6.45) is 0. The van der Waals surface area contributed by atoms with Crippen molar-refractivity contribution >= 4 is 33.4 Å². The van der Waals surface area contributed by atoms with Gasteiger partial charge in [-0.05, 0) is 23.1 Å². The quantitative estimate of drug-likeness (QED) is 0.757. The van der Waals surface area contributed by atoms with Gasteiger partial charge in [0.25, 0.3) is 5.91 Å². The van der Waals surface area contributed by atoms with Crippen LogP contribution < -0.4 is 11.1 Å². The van der Waals surface area contributed by atoms with E-state index in [1.165, 1.54) is 0 Å². The largest absolute Gasteiger partial charge is 0.367 e. The third-order valence-corrected chi connectivity index (χ3v) is 5.02. The molecule has 0 saturated heterocycles. The fraction of sp³-hybridized carbons (Fsp3) is 0.125. The van der Waals surface area contributed by atoms with Crippen molar-refractivity contribution in [2.24, 2.45) is 5.73 Å². The van der Waals surface area contributed by atoms with E-state index in [1.54, 1.807) is 11.3 Å². The molecule has 3 aromatic rings. The molecule has 110 valence electrons. The van der Waals surface area contributed by atoms with E-state index < -0.39 is 11.4 Å². The van der Waals surface area contributed by atoms with Gasteiger partial charge in [-0.25, -0.2) is 0 Å². The second kappa shape index (κ2) is 4.45. The molecule has 1 aliphatic rings. The molecule has 1 atom stereocenters. The van der Waals surface area contributed by atoms with Crippen molar-refractivity contribution in [1.82, 2.24) is 9.88 Å². The lowest BCUT2D eigenvalue weighted by Gasteiger charge is -2.36. The molecule has 3 N–H and O–H groups in total. The zero-order valence-corrected chi connectivity index (χ0v) is 12.4. The van der Waals surface area contributed by atoms with Gasteiger partial charge in [0, 0.05) is 0 Å². The Hall–Kier alpha value is -2.60. The van der Waals surface area contributed by atoms with Gasteiger partial charge in [0.15, 0.2) is 5.54 Å². The van der Waals surface area contributed by atoms with Crippen molar-refractivity contribution < 1.29 is 9.59 Å². The van der Waals surface area contributed by atoms with Crippen LogP contribution in [0.2, 0.25) is 0 Å². The Morgan fingerprint density at radius 3 is 2.77 bits per heavy atom. The molecule has 0 fully saturated rings. The van der Waals surface area contributed by atoms with E-state index in [0.717, 1.165) is 10.2 Å². The summed E-state index contributed by atoms with van der Waals surface area (Å²) in [5.41, 5.74) is 6.67. The van der Waals surface area contributed by atoms with Crippen LogP contribution in [-0.4, -0.2) is 16.4 Å². The van der Waals surface area contributed by atoms with E-state index in [0.29, 0.717) is 17.8 Å². The Morgan fingerprint density at radius 1 is 1.27 bits per heavy atom. The molecule has 1 unspecified atom stereocenters. The van der Waals surface area contributed by atoms with Crippen molar-refractivity contribution in [3.63, 3.8) is 0 Å². The molecule has 0 bridgehead atoms. The first-order chi connectivity index (χ1) is 10.6. The Bertz CT molecular complexity index is 897. The van der Waals surface area contributed by atoms with Crippen LogP contribution in [0.1, 0.15) is 16.1 Å². The summed E-state index contributed by atoms with van der Waals surface area (Å²) in [6.45, 7) is 0.299. The SMILES string of the molecule is NC(=O)C1(c2ccccc2)Cn2c(cc3sccc32)C(=O)N1. The number of rotatable bonds is 2. The Labute approximate surface area is 130 Å². The van der Waals surface area contributed by atoms with Gasteiger partial charge in [-0.15, -0.1) is 11.3 Å². The van der Waals surface area contributed by atoms with Crippen molar-refractivity contribution in [3.05, 3.63) is 59.1 Å². The summed E-state index contributed by atoms with van der Waals surface area (Å²) < 4.78 is 2.90. The van der Waals surface area contributed by atoms with E-state index >= 15 is 0 Å². The number of carbonyl (C=O) groups excluding carboxylic acids is 2. The molecule has 2 amide bonds. The normalized spacial score (nSPS) is 20.6. The highest BCUT2D eigenvalue weighted by molar-refractivity contribution is 7.17. The number of nitrogens with two attached hydrogens (primary N) is 1. The number of amides is 2. The highest BCUT2D eigenvalue weighted by Crippen LogP contribution is 2.33. The molecule has 0 radical (unpaired) electrons. The Morgan fingerprint density at radius 2 is 2.05 bits per heavy atom. The number of benzene rings is 1. The monoisotopic (exact) mass is 311 g/mol. The van der Waals surface area contributed by atoms with Crippen LogP contribution in [0.3, 0.4) is 0 Å². The predicted molar refractivity (Wildman–Crippen MR) is 84.6 cm³/mol. The van der Waals surface area contributed by atoms with Crippen LogP contribution in [0.5, 0.6) is 0 Å². The van der Waals surface area contributed by atoms with E-state index in [-0.39, 0.29) is 5.91 Å². The number of carbonyl (C=O) groups is 2. The molecule has 0 aliphatic carbocycles. The molecular weight excluding hydrogens is 298 g/mol. The maximum Gasteiger partial charge on any atom is 0.269 e. The van der Waals surface area contributed by atoms with Gasteiger partial charge in [-0.1, -0.05) is 30.3 Å². The molecular formula is C16H13N3O2S. The van der Waals surface area contributed by atoms with Gasteiger partial charge >= 0.3 is 0 Å². The summed E-state index contributed by atoms with van der Waals surface area (Å²) in [5, 5.41) is 4.79. The number of primary amides is 1. The topological polar surface area (TPSA) is 77.1 Å². The maximum atomic E-state index is 12.5. The minimum atomic E-state index is -1.22. The lowest BCUT2D eigenvalue weighted by molar-refractivity contribution is -0.125. The van der Waals surface area contributed by atoms with Gasteiger partial charge < -0.3 is 15.6 Å². The van der Waals surface area contributed by atoms with Crippen LogP contribution >= 0.6 is 11.3 Å². The number of hydrogen-bond acceptors (Lipinski definition) is 3. The van der Waals surface area contributed by atoms with Gasteiger partial charge in [0.1, 0.15) is 5.69 Å². The fourth-order valence-electron chi connectivity index (χ4n) is 3.04. The van der Waals surface area contributed by atoms with Crippen molar-refractivity contribution in [1.29, 1.82) is 0 Å². The van der Waals surface area contributed by atoms with Crippen LogP contribution in [0.25, 0.3) is 10.2 Å². The van der Waals surface area contributed by atoms with E-state index in [2.05, 4.69) is 5.32 Å². The second-order valence-corrected chi connectivity index (χ2v) is 6.32. The van der Waals surface area contributed by atoms with Crippen LogP contribution in [0.4, 0.5) is 0 Å². The third kappa shape index (κ3) is 1.64. The number of thiophene rings is 1. The first-order valence-electron chi connectivity index (χ1n) is 6.86. The number of fused-ring (bicyclic) bond motifs is 3. The number of nitrogens with zero attached hydrogens (tertiary/aromatic N) is 1. The van der Waals surface area contributed by atoms with Gasteiger partial charge in [0.2, 0.25) is 5.91 Å². The average molecular weight is 311 g/mol. The molecule has 2 aromatic heterocycles. The molecule has 1 aliphatic heterocycles. The molecule has 3 heterocycles. The Kier molecular flexibility index (Phi) is 2.65. The molecule has 0 saturated carbocycles.